The lowest BCUT2D eigenvalue weighted by Gasteiger charge is -2.31. The Morgan fingerprint density at radius 1 is 1.36 bits per heavy atom. The van der Waals surface area contributed by atoms with Crippen molar-refractivity contribution >= 4 is 22.5 Å². The van der Waals surface area contributed by atoms with Crippen LogP contribution in [-0.4, -0.2) is 24.2 Å². The first kappa shape index (κ1) is 14.5. The fraction of sp³-hybridized carbons (Fsp3) is 0.750. The van der Waals surface area contributed by atoms with Gasteiger partial charge in [0, 0.05) is 18.5 Å². The van der Waals surface area contributed by atoms with Crippen LogP contribution in [0.1, 0.15) is 37.8 Å². The predicted molar refractivity (Wildman–Crippen MR) is 85.8 cm³/mol. The molecule has 3 fully saturated rings. The zero-order chi connectivity index (χ0) is 15.1. The third kappa shape index (κ3) is 2.52. The highest BCUT2D eigenvalue weighted by atomic mass is 32.1. The number of fused-ring (bicyclic) bond motifs is 5. The first-order valence-electron chi connectivity index (χ1n) is 8.25. The smallest absolute Gasteiger partial charge is 0.321 e. The fourth-order valence-corrected chi connectivity index (χ4v) is 5.80. The second-order valence-electron chi connectivity index (χ2n) is 6.94. The average molecular weight is 321 g/mol. The summed E-state index contributed by atoms with van der Waals surface area (Å²) < 4.78 is 5.04. The van der Waals surface area contributed by atoms with Gasteiger partial charge in [-0.1, -0.05) is 6.42 Å². The van der Waals surface area contributed by atoms with Crippen LogP contribution in [0.3, 0.4) is 0 Å². The van der Waals surface area contributed by atoms with Crippen LogP contribution < -0.4 is 10.6 Å². The van der Waals surface area contributed by atoms with Gasteiger partial charge in [-0.15, -0.1) is 11.3 Å². The van der Waals surface area contributed by atoms with E-state index in [2.05, 4.69) is 15.6 Å². The second-order valence-corrected chi connectivity index (χ2v) is 7.79. The van der Waals surface area contributed by atoms with E-state index in [4.69, 9.17) is 4.74 Å². The van der Waals surface area contributed by atoms with Crippen LogP contribution in [0.25, 0.3) is 0 Å². The predicted octanol–water partition coefficient (Wildman–Crippen LogP) is 3.24. The maximum Gasteiger partial charge on any atom is 0.321 e. The lowest BCUT2D eigenvalue weighted by atomic mass is 9.79. The maximum atomic E-state index is 12.2. The average Bonchev–Trinajstić information content (AvgIpc) is 3.19. The number of rotatable bonds is 4. The van der Waals surface area contributed by atoms with Crippen molar-refractivity contribution in [2.24, 2.45) is 23.7 Å². The largest absolute Gasteiger partial charge is 0.378 e. The summed E-state index contributed by atoms with van der Waals surface area (Å²) in [6.45, 7) is 0.481. The molecule has 5 atom stereocenters. The number of nitrogens with zero attached hydrogens (tertiary/aromatic N) is 1. The van der Waals surface area contributed by atoms with Crippen molar-refractivity contribution in [2.45, 2.75) is 44.8 Å². The summed E-state index contributed by atoms with van der Waals surface area (Å²) in [5.41, 5.74) is 0.858. The number of hydrogen-bond donors (Lipinski definition) is 2. The molecule has 6 heteroatoms. The van der Waals surface area contributed by atoms with Crippen LogP contribution in [0.2, 0.25) is 0 Å². The standard InChI is InChI=1S/C16H23N3O2S/c1-21-7-10-8-22-16(17-10)19-15(20)18-14-6-9-5-13(14)12-4-2-3-11(9)12/h8-9,11-14H,2-7H2,1H3,(H2,17,18,19,20)/t9-,11-,12+,13+,14-/m1/s1. The van der Waals surface area contributed by atoms with Gasteiger partial charge in [-0.25, -0.2) is 9.78 Å². The lowest BCUT2D eigenvalue weighted by Crippen LogP contribution is -2.44. The van der Waals surface area contributed by atoms with E-state index in [0.717, 1.165) is 23.4 Å². The molecule has 5 nitrogen and oxygen atoms in total. The molecule has 0 saturated heterocycles. The number of anilines is 1. The number of aromatic nitrogens is 1. The van der Waals surface area contributed by atoms with Gasteiger partial charge in [0.2, 0.25) is 0 Å². The summed E-state index contributed by atoms with van der Waals surface area (Å²) in [6.07, 6.45) is 6.69. The van der Waals surface area contributed by atoms with E-state index in [9.17, 15) is 4.79 Å². The van der Waals surface area contributed by atoms with Gasteiger partial charge in [0.25, 0.3) is 0 Å². The van der Waals surface area contributed by atoms with Gasteiger partial charge in [-0.3, -0.25) is 5.32 Å². The van der Waals surface area contributed by atoms with Crippen molar-refractivity contribution in [3.05, 3.63) is 11.1 Å². The molecular formula is C16H23N3O2S. The van der Waals surface area contributed by atoms with Crippen molar-refractivity contribution in [1.82, 2.24) is 10.3 Å². The molecular weight excluding hydrogens is 298 g/mol. The summed E-state index contributed by atoms with van der Waals surface area (Å²) >= 11 is 1.44. The van der Waals surface area contributed by atoms with Gasteiger partial charge in [-0.05, 0) is 49.4 Å². The van der Waals surface area contributed by atoms with E-state index >= 15 is 0 Å². The minimum absolute atomic E-state index is 0.106. The monoisotopic (exact) mass is 321 g/mol. The van der Waals surface area contributed by atoms with Gasteiger partial charge in [0.05, 0.1) is 12.3 Å². The highest BCUT2D eigenvalue weighted by Crippen LogP contribution is 2.58. The summed E-state index contributed by atoms with van der Waals surface area (Å²) in [5, 5.41) is 8.63. The number of hydrogen-bond acceptors (Lipinski definition) is 4. The number of urea groups is 1. The van der Waals surface area contributed by atoms with Crippen LogP contribution in [0, 0.1) is 23.7 Å². The molecule has 1 heterocycles. The summed E-state index contributed by atoms with van der Waals surface area (Å²) in [6, 6.07) is 0.258. The number of thiazole rings is 1. The molecule has 3 saturated carbocycles. The van der Waals surface area contributed by atoms with Crippen LogP contribution in [0.4, 0.5) is 9.93 Å². The normalized spacial score (nSPS) is 35.6. The lowest BCUT2D eigenvalue weighted by molar-refractivity contribution is 0.182. The van der Waals surface area contributed by atoms with Crippen molar-refractivity contribution in [1.29, 1.82) is 0 Å². The molecule has 0 unspecified atom stereocenters. The number of methoxy groups -OCH3 is 1. The molecule has 2 bridgehead atoms. The van der Waals surface area contributed by atoms with E-state index in [1.54, 1.807) is 7.11 Å². The van der Waals surface area contributed by atoms with Crippen LogP contribution in [0.5, 0.6) is 0 Å². The van der Waals surface area contributed by atoms with E-state index in [1.807, 2.05) is 5.38 Å². The summed E-state index contributed by atoms with van der Waals surface area (Å²) in [5.74, 6) is 3.40. The Labute approximate surface area is 134 Å². The number of ether oxygens (including phenoxy) is 1. The molecule has 0 aliphatic heterocycles. The SMILES string of the molecule is COCc1csc(NC(=O)N[C@@H]2C[C@H]3C[C@H]2[C@H]2CCC[C@H]32)n1. The van der Waals surface area contributed by atoms with Gasteiger partial charge in [0.15, 0.2) is 5.13 Å². The molecule has 120 valence electrons. The first-order chi connectivity index (χ1) is 10.7. The van der Waals surface area contributed by atoms with Crippen molar-refractivity contribution in [2.75, 3.05) is 12.4 Å². The zero-order valence-corrected chi connectivity index (χ0v) is 13.7. The van der Waals surface area contributed by atoms with Crippen LogP contribution >= 0.6 is 11.3 Å². The first-order valence-corrected chi connectivity index (χ1v) is 9.13. The third-order valence-electron chi connectivity index (χ3n) is 5.81. The van der Waals surface area contributed by atoms with E-state index in [0.29, 0.717) is 23.7 Å². The maximum absolute atomic E-state index is 12.2. The molecule has 1 aromatic heterocycles. The van der Waals surface area contributed by atoms with Crippen LogP contribution in [-0.2, 0) is 11.3 Å². The van der Waals surface area contributed by atoms with E-state index in [-0.39, 0.29) is 6.03 Å². The second kappa shape index (κ2) is 5.81. The Morgan fingerprint density at radius 2 is 2.23 bits per heavy atom. The fourth-order valence-electron chi connectivity index (χ4n) is 5.11. The highest BCUT2D eigenvalue weighted by Gasteiger charge is 2.54. The molecule has 4 rings (SSSR count). The molecule has 2 amide bonds. The molecule has 0 spiro atoms. The topological polar surface area (TPSA) is 63.2 Å². The summed E-state index contributed by atoms with van der Waals surface area (Å²) in [7, 11) is 1.64. The molecule has 3 aliphatic carbocycles. The Balaban J connectivity index is 1.33. The van der Waals surface area contributed by atoms with Gasteiger partial charge in [-0.2, -0.15) is 0 Å². The Bertz CT molecular complexity index is 561. The number of amides is 2. The van der Waals surface area contributed by atoms with Crippen molar-refractivity contribution in [3.8, 4) is 0 Å². The molecule has 1 aromatic rings. The highest BCUT2D eigenvalue weighted by molar-refractivity contribution is 7.13. The van der Waals surface area contributed by atoms with Crippen molar-refractivity contribution < 1.29 is 9.53 Å². The van der Waals surface area contributed by atoms with E-state index < -0.39 is 0 Å². The third-order valence-corrected chi connectivity index (χ3v) is 6.62. The molecule has 3 aliphatic rings. The molecule has 2 N–H and O–H groups in total. The van der Waals surface area contributed by atoms with Crippen LogP contribution in [0.15, 0.2) is 5.38 Å². The quantitative estimate of drug-likeness (QED) is 0.895. The zero-order valence-electron chi connectivity index (χ0n) is 12.9. The Hall–Kier alpha value is -1.14. The van der Waals surface area contributed by atoms with E-state index in [1.165, 1.54) is 43.4 Å². The van der Waals surface area contributed by atoms with Gasteiger partial charge >= 0.3 is 6.03 Å². The molecule has 0 aromatic carbocycles. The number of carbonyl (C=O) groups excluding carboxylic acids is 1. The minimum Gasteiger partial charge on any atom is -0.378 e. The molecule has 0 radical (unpaired) electrons. The van der Waals surface area contributed by atoms with Gasteiger partial charge in [0.1, 0.15) is 0 Å². The summed E-state index contributed by atoms with van der Waals surface area (Å²) in [4.78, 5) is 16.6. The van der Waals surface area contributed by atoms with Gasteiger partial charge < -0.3 is 10.1 Å². The van der Waals surface area contributed by atoms with Crippen molar-refractivity contribution in [3.63, 3.8) is 0 Å². The molecule has 22 heavy (non-hydrogen) atoms. The number of carbonyl (C=O) groups is 1. The Kier molecular flexibility index (Phi) is 3.82. The Morgan fingerprint density at radius 3 is 3.09 bits per heavy atom. The number of nitrogens with one attached hydrogen (secondary N) is 2. The minimum atomic E-state index is -0.106.